The van der Waals surface area contributed by atoms with Crippen LogP contribution in [0.25, 0.3) is 22.1 Å². The predicted molar refractivity (Wildman–Crippen MR) is 105 cm³/mol. The number of fused-ring (bicyclic) bond motifs is 3. The lowest BCUT2D eigenvalue weighted by molar-refractivity contribution is 0.0922. The number of nitrogens with zero attached hydrogens (tertiary/aromatic N) is 1. The molecule has 1 aliphatic rings. The van der Waals surface area contributed by atoms with Gasteiger partial charge in [0, 0.05) is 19.7 Å². The van der Waals surface area contributed by atoms with E-state index >= 15 is 0 Å². The van der Waals surface area contributed by atoms with E-state index in [0.717, 1.165) is 30.7 Å². The smallest absolute Gasteiger partial charge is 0.200 e. The van der Waals surface area contributed by atoms with Gasteiger partial charge in [-0.25, -0.2) is 4.39 Å². The number of aliphatic hydroxyl groups is 1. The Balaban J connectivity index is 1.77. The van der Waals surface area contributed by atoms with Gasteiger partial charge >= 0.3 is 0 Å². The van der Waals surface area contributed by atoms with Crippen molar-refractivity contribution in [1.29, 1.82) is 0 Å². The molecule has 2 aromatic carbocycles. The first-order chi connectivity index (χ1) is 13.6. The van der Waals surface area contributed by atoms with E-state index in [1.807, 2.05) is 6.07 Å². The van der Waals surface area contributed by atoms with Gasteiger partial charge in [-0.2, -0.15) is 0 Å². The number of benzene rings is 2. The summed E-state index contributed by atoms with van der Waals surface area (Å²) in [6.07, 6.45) is 1.62. The van der Waals surface area contributed by atoms with Crippen molar-refractivity contribution in [2.75, 3.05) is 19.9 Å². The lowest BCUT2D eigenvalue weighted by atomic mass is 10.0. The van der Waals surface area contributed by atoms with Crippen molar-refractivity contribution in [2.24, 2.45) is 0 Å². The molecule has 1 aromatic heterocycles. The van der Waals surface area contributed by atoms with Crippen LogP contribution >= 0.6 is 0 Å². The van der Waals surface area contributed by atoms with Gasteiger partial charge in [0.2, 0.25) is 5.43 Å². The van der Waals surface area contributed by atoms with E-state index in [4.69, 9.17) is 14.3 Å². The first-order valence-corrected chi connectivity index (χ1v) is 9.39. The quantitative estimate of drug-likeness (QED) is 0.679. The largest absolute Gasteiger partial charge is 0.478 e. The highest BCUT2D eigenvalue weighted by atomic mass is 19.1. The van der Waals surface area contributed by atoms with Crippen LogP contribution in [0.5, 0.6) is 5.75 Å². The molecule has 28 heavy (non-hydrogen) atoms. The summed E-state index contributed by atoms with van der Waals surface area (Å²) in [5, 5.41) is 9.46. The number of aryl methyl sites for hydroxylation is 1. The van der Waals surface area contributed by atoms with Gasteiger partial charge in [0.05, 0.1) is 16.5 Å². The van der Waals surface area contributed by atoms with Gasteiger partial charge in [0.1, 0.15) is 29.6 Å². The first-order valence-electron chi connectivity index (χ1n) is 9.39. The van der Waals surface area contributed by atoms with Gasteiger partial charge in [-0.15, -0.1) is 0 Å². The van der Waals surface area contributed by atoms with E-state index in [-0.39, 0.29) is 17.9 Å². The van der Waals surface area contributed by atoms with Crippen LogP contribution in [0.1, 0.15) is 24.2 Å². The summed E-state index contributed by atoms with van der Waals surface area (Å²) in [4.78, 5) is 15.3. The Labute approximate surface area is 162 Å². The number of aliphatic hydroxyl groups excluding tert-OH is 1. The van der Waals surface area contributed by atoms with Crippen molar-refractivity contribution in [1.82, 2.24) is 4.90 Å². The second-order valence-electron chi connectivity index (χ2n) is 7.04. The van der Waals surface area contributed by atoms with Crippen LogP contribution in [0, 0.1) is 12.7 Å². The van der Waals surface area contributed by atoms with Gasteiger partial charge in [-0.3, -0.25) is 9.69 Å². The second kappa shape index (κ2) is 7.73. The Morgan fingerprint density at radius 1 is 1.14 bits per heavy atom. The Kier molecular flexibility index (Phi) is 5.15. The van der Waals surface area contributed by atoms with E-state index < -0.39 is 0 Å². The van der Waals surface area contributed by atoms with Crippen LogP contribution in [-0.2, 0) is 6.54 Å². The summed E-state index contributed by atoms with van der Waals surface area (Å²) >= 11 is 0. The normalized spacial score (nSPS) is 14.1. The summed E-state index contributed by atoms with van der Waals surface area (Å²) in [6, 6.07) is 9.39. The minimum atomic E-state index is -0.348. The molecule has 4 rings (SSSR count). The predicted octanol–water partition coefficient (Wildman–Crippen LogP) is 3.83. The molecule has 0 saturated carbocycles. The van der Waals surface area contributed by atoms with Crippen molar-refractivity contribution in [3.63, 3.8) is 0 Å². The monoisotopic (exact) mass is 383 g/mol. The molecule has 6 heteroatoms. The van der Waals surface area contributed by atoms with Crippen LogP contribution in [0.4, 0.5) is 4.39 Å². The number of hydrogen-bond acceptors (Lipinski definition) is 5. The Morgan fingerprint density at radius 3 is 2.68 bits per heavy atom. The Bertz CT molecular complexity index is 1060. The average molecular weight is 383 g/mol. The summed E-state index contributed by atoms with van der Waals surface area (Å²) in [7, 11) is 0. The molecule has 5 nitrogen and oxygen atoms in total. The zero-order valence-corrected chi connectivity index (χ0v) is 15.7. The second-order valence-corrected chi connectivity index (χ2v) is 7.04. The molecule has 0 atom stereocenters. The van der Waals surface area contributed by atoms with Crippen LogP contribution in [0.3, 0.4) is 0 Å². The van der Waals surface area contributed by atoms with Crippen LogP contribution in [0.2, 0.25) is 0 Å². The Hall–Kier alpha value is -2.70. The molecule has 0 unspecified atom stereocenters. The number of rotatable bonds is 5. The highest BCUT2D eigenvalue weighted by Crippen LogP contribution is 2.33. The number of halogens is 1. The van der Waals surface area contributed by atoms with Gasteiger partial charge in [0.15, 0.2) is 0 Å². The van der Waals surface area contributed by atoms with Crippen molar-refractivity contribution >= 4 is 11.0 Å². The molecule has 0 radical (unpaired) electrons. The summed E-state index contributed by atoms with van der Waals surface area (Å²) in [5.74, 6) is 0.872. The topological polar surface area (TPSA) is 62.9 Å². The molecular formula is C22H22FNO4. The molecule has 2 heterocycles. The van der Waals surface area contributed by atoms with Crippen molar-refractivity contribution in [2.45, 2.75) is 26.3 Å². The number of unbranched alkanes of at least 4 members (excludes halogenated alkanes) is 1. The minimum Gasteiger partial charge on any atom is -0.478 e. The van der Waals surface area contributed by atoms with E-state index in [2.05, 4.69) is 4.90 Å². The van der Waals surface area contributed by atoms with E-state index in [9.17, 15) is 9.18 Å². The summed E-state index contributed by atoms with van der Waals surface area (Å²) < 4.78 is 25.2. The highest BCUT2D eigenvalue weighted by molar-refractivity contribution is 5.86. The van der Waals surface area contributed by atoms with E-state index in [1.165, 1.54) is 12.1 Å². The minimum absolute atomic E-state index is 0.134. The van der Waals surface area contributed by atoms with Crippen molar-refractivity contribution < 1.29 is 18.7 Å². The molecule has 1 aliphatic heterocycles. The maximum absolute atomic E-state index is 13.3. The van der Waals surface area contributed by atoms with Crippen LogP contribution in [-0.4, -0.2) is 29.9 Å². The maximum atomic E-state index is 13.3. The molecule has 0 bridgehead atoms. The number of ether oxygens (including phenoxy) is 1. The maximum Gasteiger partial charge on any atom is 0.200 e. The third-order valence-electron chi connectivity index (χ3n) is 5.10. The lowest BCUT2D eigenvalue weighted by Crippen LogP contribution is -2.33. The van der Waals surface area contributed by atoms with Crippen molar-refractivity contribution in [3.8, 4) is 16.9 Å². The zero-order chi connectivity index (χ0) is 19.7. The summed E-state index contributed by atoms with van der Waals surface area (Å²) in [6.45, 7) is 3.82. The van der Waals surface area contributed by atoms with Gasteiger partial charge < -0.3 is 14.3 Å². The fourth-order valence-corrected chi connectivity index (χ4v) is 3.66. The first kappa shape index (κ1) is 18.7. The van der Waals surface area contributed by atoms with Gasteiger partial charge in [-0.05, 0) is 49.6 Å². The zero-order valence-electron chi connectivity index (χ0n) is 15.7. The Morgan fingerprint density at radius 2 is 1.93 bits per heavy atom. The van der Waals surface area contributed by atoms with E-state index in [0.29, 0.717) is 41.1 Å². The molecule has 0 amide bonds. The van der Waals surface area contributed by atoms with Crippen LogP contribution in [0.15, 0.2) is 45.6 Å². The van der Waals surface area contributed by atoms with Gasteiger partial charge in [0.25, 0.3) is 0 Å². The van der Waals surface area contributed by atoms with Gasteiger partial charge in [-0.1, -0.05) is 12.1 Å². The molecular weight excluding hydrogens is 361 g/mol. The average Bonchev–Trinajstić information content (AvgIpc) is 2.69. The lowest BCUT2D eigenvalue weighted by Gasteiger charge is -2.29. The summed E-state index contributed by atoms with van der Waals surface area (Å²) in [5.41, 5.74) is 2.35. The standard InChI is InChI=1S/C22H22FNO4/c1-14-20(15-4-6-16(23)7-5-15)21(26)17-8-9-19-18(22(17)28-14)12-24(13-27-19)10-2-3-11-25/h4-9,25H,2-3,10-13H2,1H3. The fraction of sp³-hybridized carbons (Fsp3) is 0.318. The third-order valence-corrected chi connectivity index (χ3v) is 5.10. The third kappa shape index (κ3) is 3.41. The molecule has 3 aromatic rings. The molecule has 0 fully saturated rings. The van der Waals surface area contributed by atoms with Crippen molar-refractivity contribution in [3.05, 3.63) is 63.8 Å². The molecule has 1 N–H and O–H groups in total. The molecule has 0 saturated heterocycles. The molecule has 146 valence electrons. The fourth-order valence-electron chi connectivity index (χ4n) is 3.66. The SMILES string of the molecule is Cc1oc2c3c(ccc2c(=O)c1-c1ccc(F)cc1)OCN(CCCCO)C3. The highest BCUT2D eigenvalue weighted by Gasteiger charge is 2.23. The van der Waals surface area contributed by atoms with E-state index in [1.54, 1.807) is 25.1 Å². The molecule has 0 aliphatic carbocycles. The van der Waals surface area contributed by atoms with Crippen LogP contribution < -0.4 is 10.2 Å². The molecule has 0 spiro atoms. The number of hydrogen-bond donors (Lipinski definition) is 1.